The summed E-state index contributed by atoms with van der Waals surface area (Å²) in [6, 6.07) is 25.8. The largest absolute Gasteiger partial charge is 0.416 e. The maximum absolute atomic E-state index is 12.8. The highest BCUT2D eigenvalue weighted by atomic mass is 19.4. The van der Waals surface area contributed by atoms with Crippen molar-refractivity contribution in [3.63, 3.8) is 0 Å². The maximum atomic E-state index is 12.8. The Bertz CT molecular complexity index is 1290. The molecule has 4 aromatic rings. The highest BCUT2D eigenvalue weighted by molar-refractivity contribution is 5.95. The molecule has 0 aliphatic carbocycles. The zero-order valence-electron chi connectivity index (χ0n) is 17.7. The zero-order chi connectivity index (χ0) is 23.4. The van der Waals surface area contributed by atoms with Gasteiger partial charge in [0, 0.05) is 16.9 Å². The van der Waals surface area contributed by atoms with E-state index in [1.807, 2.05) is 61.5 Å². The van der Waals surface area contributed by atoms with Crippen molar-refractivity contribution in [2.45, 2.75) is 13.1 Å². The highest BCUT2D eigenvalue weighted by Crippen LogP contribution is 2.29. The molecule has 0 unspecified atom stereocenters. The average Bonchev–Trinajstić information content (AvgIpc) is 3.20. The van der Waals surface area contributed by atoms with Crippen molar-refractivity contribution < 1.29 is 18.0 Å². The second kappa shape index (κ2) is 9.16. The van der Waals surface area contributed by atoms with E-state index >= 15 is 0 Å². The summed E-state index contributed by atoms with van der Waals surface area (Å²) in [5, 5.41) is 3.78. The SMILES string of the molecule is Cc1ccc(-c2ccccc2)n1-c1ccc(C(=O)N/N=C/c2cccc(C(F)(F)F)c2)cc1. The monoisotopic (exact) mass is 447 g/mol. The summed E-state index contributed by atoms with van der Waals surface area (Å²) in [4.78, 5) is 12.4. The van der Waals surface area contributed by atoms with Crippen molar-refractivity contribution in [2.75, 3.05) is 0 Å². The molecule has 0 spiro atoms. The van der Waals surface area contributed by atoms with Crippen LogP contribution in [0.2, 0.25) is 0 Å². The van der Waals surface area contributed by atoms with Crippen LogP contribution < -0.4 is 5.43 Å². The van der Waals surface area contributed by atoms with Gasteiger partial charge in [0.2, 0.25) is 0 Å². The first kappa shape index (κ1) is 22.1. The Morgan fingerprint density at radius 3 is 2.33 bits per heavy atom. The summed E-state index contributed by atoms with van der Waals surface area (Å²) >= 11 is 0. The van der Waals surface area contributed by atoms with Crippen molar-refractivity contribution in [2.24, 2.45) is 5.10 Å². The Labute approximate surface area is 189 Å². The Morgan fingerprint density at radius 1 is 0.909 bits per heavy atom. The van der Waals surface area contributed by atoms with Gasteiger partial charge >= 0.3 is 6.18 Å². The van der Waals surface area contributed by atoms with Crippen molar-refractivity contribution in [1.29, 1.82) is 0 Å². The van der Waals surface area contributed by atoms with Gasteiger partial charge in [-0.1, -0.05) is 42.5 Å². The van der Waals surface area contributed by atoms with Gasteiger partial charge in [0.25, 0.3) is 5.91 Å². The van der Waals surface area contributed by atoms with E-state index in [1.54, 1.807) is 12.1 Å². The lowest BCUT2D eigenvalue weighted by Crippen LogP contribution is -2.17. The molecular weight excluding hydrogens is 427 g/mol. The number of nitrogens with one attached hydrogen (secondary N) is 1. The van der Waals surface area contributed by atoms with E-state index < -0.39 is 17.6 Å². The number of nitrogens with zero attached hydrogens (tertiary/aromatic N) is 2. The smallest absolute Gasteiger partial charge is 0.314 e. The first-order valence-electron chi connectivity index (χ1n) is 10.2. The average molecular weight is 447 g/mol. The van der Waals surface area contributed by atoms with Crippen LogP contribution in [0.15, 0.2) is 96.1 Å². The zero-order valence-corrected chi connectivity index (χ0v) is 17.7. The van der Waals surface area contributed by atoms with Crippen molar-refractivity contribution in [3.8, 4) is 16.9 Å². The minimum Gasteiger partial charge on any atom is -0.314 e. The number of carbonyl (C=O) groups is 1. The van der Waals surface area contributed by atoms with Crippen molar-refractivity contribution in [1.82, 2.24) is 9.99 Å². The van der Waals surface area contributed by atoms with Crippen LogP contribution in [0.4, 0.5) is 13.2 Å². The molecule has 0 aliphatic rings. The Hall–Kier alpha value is -4.13. The van der Waals surface area contributed by atoms with E-state index in [1.165, 1.54) is 18.3 Å². The van der Waals surface area contributed by atoms with Crippen LogP contribution in [0.5, 0.6) is 0 Å². The fourth-order valence-corrected chi connectivity index (χ4v) is 3.50. The molecule has 1 N–H and O–H groups in total. The van der Waals surface area contributed by atoms with E-state index in [-0.39, 0.29) is 5.56 Å². The molecule has 33 heavy (non-hydrogen) atoms. The molecule has 0 radical (unpaired) electrons. The van der Waals surface area contributed by atoms with Gasteiger partial charge in [-0.15, -0.1) is 0 Å². The standard InChI is InChI=1S/C26H20F3N3O/c1-18-10-15-24(20-7-3-2-4-8-20)32(18)23-13-11-21(12-14-23)25(33)31-30-17-19-6-5-9-22(16-19)26(27,28)29/h2-17H,1H3,(H,31,33)/b30-17+. The van der Waals surface area contributed by atoms with Gasteiger partial charge in [-0.3, -0.25) is 4.79 Å². The number of alkyl halides is 3. The number of hydrazone groups is 1. The molecule has 7 heteroatoms. The van der Waals surface area contributed by atoms with Gasteiger partial charge in [-0.2, -0.15) is 18.3 Å². The molecule has 0 bridgehead atoms. The normalized spacial score (nSPS) is 11.6. The summed E-state index contributed by atoms with van der Waals surface area (Å²) in [5.74, 6) is -0.461. The highest BCUT2D eigenvalue weighted by Gasteiger charge is 2.30. The lowest BCUT2D eigenvalue weighted by atomic mass is 10.1. The van der Waals surface area contributed by atoms with Crippen LogP contribution in [-0.2, 0) is 6.18 Å². The van der Waals surface area contributed by atoms with Crippen LogP contribution in [0.3, 0.4) is 0 Å². The molecule has 0 atom stereocenters. The van der Waals surface area contributed by atoms with E-state index in [0.29, 0.717) is 5.56 Å². The van der Waals surface area contributed by atoms with Gasteiger partial charge in [0.15, 0.2) is 0 Å². The third kappa shape index (κ3) is 5.03. The van der Waals surface area contributed by atoms with E-state index in [2.05, 4.69) is 15.1 Å². The van der Waals surface area contributed by atoms with E-state index in [9.17, 15) is 18.0 Å². The van der Waals surface area contributed by atoms with Gasteiger partial charge in [0.05, 0.1) is 17.5 Å². The van der Waals surface area contributed by atoms with Crippen LogP contribution in [0.25, 0.3) is 16.9 Å². The summed E-state index contributed by atoms with van der Waals surface area (Å²) in [7, 11) is 0. The summed E-state index contributed by atoms with van der Waals surface area (Å²) in [6.45, 7) is 2.01. The minimum absolute atomic E-state index is 0.233. The number of halogens is 3. The molecule has 0 saturated carbocycles. The molecule has 0 aliphatic heterocycles. The molecule has 4 nitrogen and oxygen atoms in total. The Morgan fingerprint density at radius 2 is 1.64 bits per heavy atom. The molecule has 0 saturated heterocycles. The molecule has 3 aromatic carbocycles. The minimum atomic E-state index is -4.44. The first-order valence-corrected chi connectivity index (χ1v) is 10.2. The molecule has 1 amide bonds. The lowest BCUT2D eigenvalue weighted by molar-refractivity contribution is -0.137. The molecule has 0 fully saturated rings. The van der Waals surface area contributed by atoms with Crippen LogP contribution in [0.1, 0.15) is 27.2 Å². The molecule has 1 heterocycles. The number of carbonyl (C=O) groups excluding carboxylic acids is 1. The predicted octanol–water partition coefficient (Wildman–Crippen LogP) is 6.24. The number of hydrogen-bond acceptors (Lipinski definition) is 2. The van der Waals surface area contributed by atoms with Gasteiger partial charge in [-0.25, -0.2) is 5.43 Å². The fraction of sp³-hybridized carbons (Fsp3) is 0.0769. The number of amides is 1. The van der Waals surface area contributed by atoms with Crippen LogP contribution in [-0.4, -0.2) is 16.7 Å². The first-order chi connectivity index (χ1) is 15.8. The number of aryl methyl sites for hydroxylation is 1. The number of hydrogen-bond donors (Lipinski definition) is 1. The third-order valence-corrected chi connectivity index (χ3v) is 5.13. The van der Waals surface area contributed by atoms with Gasteiger partial charge < -0.3 is 4.57 Å². The van der Waals surface area contributed by atoms with Crippen molar-refractivity contribution in [3.05, 3.63) is 113 Å². The fourth-order valence-electron chi connectivity index (χ4n) is 3.50. The quantitative estimate of drug-likeness (QED) is 0.286. The summed E-state index contributed by atoms with van der Waals surface area (Å²) in [5.41, 5.74) is 6.26. The second-order valence-corrected chi connectivity index (χ2v) is 7.43. The van der Waals surface area contributed by atoms with Crippen LogP contribution >= 0.6 is 0 Å². The summed E-state index contributed by atoms with van der Waals surface area (Å²) < 4.78 is 40.5. The third-order valence-electron chi connectivity index (χ3n) is 5.13. The number of aromatic nitrogens is 1. The Balaban J connectivity index is 1.48. The number of benzene rings is 3. The van der Waals surface area contributed by atoms with E-state index in [0.717, 1.165) is 34.8 Å². The van der Waals surface area contributed by atoms with E-state index in [4.69, 9.17) is 0 Å². The van der Waals surface area contributed by atoms with Gasteiger partial charge in [-0.05, 0) is 66.6 Å². The van der Waals surface area contributed by atoms with Crippen molar-refractivity contribution >= 4 is 12.1 Å². The topological polar surface area (TPSA) is 46.4 Å². The maximum Gasteiger partial charge on any atom is 0.416 e. The molecule has 1 aromatic heterocycles. The molecular formula is C26H20F3N3O. The number of rotatable bonds is 5. The van der Waals surface area contributed by atoms with Crippen LogP contribution in [0, 0.1) is 6.92 Å². The van der Waals surface area contributed by atoms with Gasteiger partial charge in [0.1, 0.15) is 0 Å². The molecule has 4 rings (SSSR count). The lowest BCUT2D eigenvalue weighted by Gasteiger charge is -2.12. The second-order valence-electron chi connectivity index (χ2n) is 7.43. The molecule has 166 valence electrons. The summed E-state index contributed by atoms with van der Waals surface area (Å²) in [6.07, 6.45) is -3.26. The Kier molecular flexibility index (Phi) is 6.13. The predicted molar refractivity (Wildman–Crippen MR) is 122 cm³/mol.